The molecule has 1 saturated heterocycles. The van der Waals surface area contributed by atoms with Crippen LogP contribution in [0.4, 0.5) is 0 Å². The van der Waals surface area contributed by atoms with Crippen molar-refractivity contribution in [2.45, 2.75) is 45.1 Å². The predicted molar refractivity (Wildman–Crippen MR) is 114 cm³/mol. The number of furan rings is 1. The lowest BCUT2D eigenvalue weighted by molar-refractivity contribution is -0.130. The van der Waals surface area contributed by atoms with Crippen LogP contribution < -0.4 is 0 Å². The van der Waals surface area contributed by atoms with E-state index in [9.17, 15) is 9.59 Å². The number of allylic oxidation sites excluding steroid dienone is 1. The number of carbonyl (C=O) groups excluding carboxylic acids is 2. The monoisotopic (exact) mass is 413 g/mol. The second-order valence-corrected chi connectivity index (χ2v) is 10.3. The highest BCUT2D eigenvalue weighted by atomic mass is 32.2. The Labute approximate surface area is 174 Å². The van der Waals surface area contributed by atoms with E-state index in [1.165, 1.54) is 56.9 Å². The highest BCUT2D eigenvalue weighted by molar-refractivity contribution is 8.26. The molecule has 1 aliphatic heterocycles. The van der Waals surface area contributed by atoms with Crippen LogP contribution in [0.3, 0.4) is 0 Å². The molecule has 5 aliphatic rings. The summed E-state index contributed by atoms with van der Waals surface area (Å²) in [6, 6.07) is 3.90. The van der Waals surface area contributed by atoms with Gasteiger partial charge >= 0.3 is 0 Å². The van der Waals surface area contributed by atoms with Crippen molar-refractivity contribution >= 4 is 52.1 Å². The topological polar surface area (TPSA) is 50.5 Å². The average Bonchev–Trinajstić information content (AvgIpc) is 3.18. The summed E-state index contributed by atoms with van der Waals surface area (Å²) in [5.74, 6) is 4.18. The summed E-state index contributed by atoms with van der Waals surface area (Å²) in [6.45, 7) is 1.50. The third-order valence-corrected chi connectivity index (χ3v) is 8.03. The van der Waals surface area contributed by atoms with Crippen molar-refractivity contribution in [3.63, 3.8) is 0 Å². The first-order chi connectivity index (χ1) is 13.5. The van der Waals surface area contributed by atoms with Gasteiger partial charge in [0, 0.05) is 12.1 Å². The minimum Gasteiger partial charge on any atom is -0.457 e. The number of hydrogen-bond donors (Lipinski definition) is 0. The number of ketones is 1. The summed E-state index contributed by atoms with van der Waals surface area (Å²) >= 11 is 7.02. The first kappa shape index (κ1) is 18.4. The van der Waals surface area contributed by atoms with E-state index in [4.69, 9.17) is 16.6 Å². The van der Waals surface area contributed by atoms with Crippen LogP contribution in [0.2, 0.25) is 0 Å². The van der Waals surface area contributed by atoms with Gasteiger partial charge in [0.05, 0.1) is 4.91 Å². The van der Waals surface area contributed by atoms with Gasteiger partial charge < -0.3 is 4.42 Å². The van der Waals surface area contributed by atoms with E-state index in [1.807, 2.05) is 11.0 Å². The van der Waals surface area contributed by atoms with E-state index >= 15 is 0 Å². The highest BCUT2D eigenvalue weighted by Crippen LogP contribution is 2.56. The number of thiocarbonyl (C=S) groups is 1. The molecule has 0 spiro atoms. The zero-order valence-corrected chi connectivity index (χ0v) is 17.4. The minimum atomic E-state index is -0.0329. The predicted octanol–water partition coefficient (Wildman–Crippen LogP) is 4.91. The molecule has 4 aliphatic carbocycles. The zero-order valence-electron chi connectivity index (χ0n) is 15.8. The molecule has 1 amide bonds. The maximum absolute atomic E-state index is 13.2. The van der Waals surface area contributed by atoms with Gasteiger partial charge in [-0.3, -0.25) is 14.5 Å². The highest BCUT2D eigenvalue weighted by Gasteiger charge is 2.53. The normalized spacial score (nSPS) is 35.7. The van der Waals surface area contributed by atoms with E-state index in [1.54, 1.807) is 18.2 Å². The number of hydrogen-bond acceptors (Lipinski definition) is 5. The van der Waals surface area contributed by atoms with Crippen LogP contribution in [0, 0.1) is 23.7 Å². The first-order valence-electron chi connectivity index (χ1n) is 10.0. The van der Waals surface area contributed by atoms with E-state index in [0.29, 0.717) is 32.6 Å². The van der Waals surface area contributed by atoms with Gasteiger partial charge in [-0.2, -0.15) is 0 Å². The molecule has 2 heterocycles. The average molecular weight is 414 g/mol. The van der Waals surface area contributed by atoms with Crippen molar-refractivity contribution in [1.29, 1.82) is 0 Å². The molecule has 1 aromatic heterocycles. The lowest BCUT2D eigenvalue weighted by Gasteiger charge is -2.56. The fourth-order valence-electron chi connectivity index (χ4n) is 5.92. The molecule has 0 atom stereocenters. The van der Waals surface area contributed by atoms with Gasteiger partial charge in [-0.05, 0) is 87.0 Å². The number of rotatable bonds is 4. The zero-order chi connectivity index (χ0) is 19.4. The van der Waals surface area contributed by atoms with E-state index in [-0.39, 0.29) is 17.7 Å². The molecule has 146 valence electrons. The molecule has 6 heteroatoms. The van der Waals surface area contributed by atoms with E-state index in [2.05, 4.69) is 0 Å². The van der Waals surface area contributed by atoms with Crippen molar-refractivity contribution in [3.05, 3.63) is 34.6 Å². The molecule has 5 fully saturated rings. The van der Waals surface area contributed by atoms with Crippen LogP contribution in [0.25, 0.3) is 12.2 Å². The van der Waals surface area contributed by atoms with Gasteiger partial charge in [-0.15, -0.1) is 0 Å². The fourth-order valence-corrected chi connectivity index (χ4v) is 7.24. The summed E-state index contributed by atoms with van der Waals surface area (Å²) < 4.78 is 6.40. The molecule has 0 radical (unpaired) electrons. The van der Waals surface area contributed by atoms with Gasteiger partial charge in [-0.1, -0.05) is 24.0 Å². The van der Waals surface area contributed by atoms with Crippen molar-refractivity contribution in [3.8, 4) is 0 Å². The molecule has 6 rings (SSSR count). The van der Waals surface area contributed by atoms with Crippen LogP contribution in [0.15, 0.2) is 27.5 Å². The van der Waals surface area contributed by atoms with E-state index < -0.39 is 0 Å². The molecule has 4 nitrogen and oxygen atoms in total. The molecule has 0 aromatic carbocycles. The third-order valence-electron chi connectivity index (χ3n) is 6.70. The SMILES string of the molecule is CC(=O)/C=C/c1ccc(/C=C2\SC(=S)N(C3C4CC5CC(C4)CC3C5)C2=O)o1. The van der Waals surface area contributed by atoms with Crippen LogP contribution in [0.1, 0.15) is 50.5 Å². The van der Waals surface area contributed by atoms with Crippen molar-refractivity contribution < 1.29 is 14.0 Å². The first-order valence-corrected chi connectivity index (χ1v) is 11.3. The van der Waals surface area contributed by atoms with Crippen LogP contribution in [-0.2, 0) is 9.59 Å². The third kappa shape index (κ3) is 3.20. The van der Waals surface area contributed by atoms with Gasteiger partial charge in [0.25, 0.3) is 5.91 Å². The molecule has 28 heavy (non-hydrogen) atoms. The molecule has 4 bridgehead atoms. The Kier molecular flexibility index (Phi) is 4.59. The number of amides is 1. The van der Waals surface area contributed by atoms with Gasteiger partial charge in [0.2, 0.25) is 0 Å². The van der Waals surface area contributed by atoms with Crippen molar-refractivity contribution in [2.24, 2.45) is 23.7 Å². The summed E-state index contributed by atoms with van der Waals surface area (Å²) in [6.07, 6.45) is 11.3. The maximum Gasteiger partial charge on any atom is 0.266 e. The van der Waals surface area contributed by atoms with Crippen LogP contribution >= 0.6 is 24.0 Å². The summed E-state index contributed by atoms with van der Waals surface area (Å²) in [4.78, 5) is 26.8. The van der Waals surface area contributed by atoms with Crippen LogP contribution in [0.5, 0.6) is 0 Å². The van der Waals surface area contributed by atoms with Gasteiger partial charge in [-0.25, -0.2) is 0 Å². The Bertz CT molecular complexity index is 885. The Morgan fingerprint density at radius 2 is 1.79 bits per heavy atom. The Balaban J connectivity index is 1.36. The molecule has 0 N–H and O–H groups in total. The fraction of sp³-hybridized carbons (Fsp3) is 0.500. The van der Waals surface area contributed by atoms with E-state index in [0.717, 1.165) is 11.8 Å². The van der Waals surface area contributed by atoms with Gasteiger partial charge in [0.1, 0.15) is 15.8 Å². The number of nitrogens with zero attached hydrogens (tertiary/aromatic N) is 1. The quantitative estimate of drug-likeness (QED) is 0.519. The second kappa shape index (κ2) is 6.99. The number of carbonyl (C=O) groups is 2. The summed E-state index contributed by atoms with van der Waals surface area (Å²) in [5.41, 5.74) is 0. The van der Waals surface area contributed by atoms with Crippen molar-refractivity contribution in [1.82, 2.24) is 4.90 Å². The molecule has 4 saturated carbocycles. The Morgan fingerprint density at radius 1 is 1.14 bits per heavy atom. The summed E-state index contributed by atoms with van der Waals surface area (Å²) in [7, 11) is 0. The smallest absolute Gasteiger partial charge is 0.266 e. The van der Waals surface area contributed by atoms with Crippen molar-refractivity contribution in [2.75, 3.05) is 0 Å². The molecular formula is C22H23NO3S2. The second-order valence-electron chi connectivity index (χ2n) is 8.66. The molecular weight excluding hydrogens is 390 g/mol. The maximum atomic E-state index is 13.2. The Morgan fingerprint density at radius 3 is 2.43 bits per heavy atom. The molecule has 0 unspecified atom stereocenters. The van der Waals surface area contributed by atoms with Gasteiger partial charge in [0.15, 0.2) is 5.78 Å². The lowest BCUT2D eigenvalue weighted by atomic mass is 9.54. The lowest BCUT2D eigenvalue weighted by Crippen LogP contribution is -2.57. The standard InChI is InChI=1S/C22H23NO3S2/c1-12(24)2-3-17-4-5-18(26-17)11-19-21(25)23(22(27)28-19)20-15-7-13-6-14(9-15)10-16(20)8-13/h2-5,11,13-16,20H,6-10H2,1H3/b3-2+,19-11-. The minimum absolute atomic E-state index is 0.0321. The van der Waals surface area contributed by atoms with Crippen LogP contribution in [-0.4, -0.2) is 27.0 Å². The number of thioether (sulfide) groups is 1. The Hall–Kier alpha value is -1.66. The largest absolute Gasteiger partial charge is 0.457 e. The molecule has 1 aromatic rings. The summed E-state index contributed by atoms with van der Waals surface area (Å²) in [5, 5.41) is 0.